The van der Waals surface area contributed by atoms with Crippen LogP contribution in [-0.4, -0.2) is 48.2 Å². The second-order valence-electron chi connectivity index (χ2n) is 4.85. The first-order valence-electron chi connectivity index (χ1n) is 6.52. The largest absolute Gasteiger partial charge is 0.403 e. The Hall–Kier alpha value is -1.27. The van der Waals surface area contributed by atoms with Crippen molar-refractivity contribution in [3.05, 3.63) is 11.9 Å². The van der Waals surface area contributed by atoms with Crippen LogP contribution >= 0.6 is 0 Å². The third-order valence-corrected chi connectivity index (χ3v) is 3.61. The predicted octanol–water partition coefficient (Wildman–Crippen LogP) is -0.236. The number of carbonyl (C=O) groups is 1. The van der Waals surface area contributed by atoms with Crippen molar-refractivity contribution in [3.8, 4) is 0 Å². The Kier molecular flexibility index (Phi) is 4.43. The molecule has 6 heteroatoms. The molecule has 1 amide bonds. The van der Waals surface area contributed by atoms with Crippen LogP contribution in [0.25, 0.3) is 0 Å². The van der Waals surface area contributed by atoms with Gasteiger partial charge in [-0.15, -0.1) is 0 Å². The number of hydrogen-bond donors (Lipinski definition) is 2. The molecule has 0 aromatic rings. The Balaban J connectivity index is 2.03. The van der Waals surface area contributed by atoms with Gasteiger partial charge in [-0.05, 0) is 19.3 Å². The highest BCUT2D eigenvalue weighted by Crippen LogP contribution is 2.20. The summed E-state index contributed by atoms with van der Waals surface area (Å²) >= 11 is 0. The Morgan fingerprint density at radius 2 is 2.17 bits per heavy atom. The summed E-state index contributed by atoms with van der Waals surface area (Å²) in [6.07, 6.45) is 4.87. The molecule has 2 aliphatic rings. The van der Waals surface area contributed by atoms with E-state index in [1.165, 1.54) is 6.20 Å². The van der Waals surface area contributed by atoms with E-state index in [0.717, 1.165) is 31.5 Å². The first-order valence-corrected chi connectivity index (χ1v) is 6.52. The van der Waals surface area contributed by atoms with Gasteiger partial charge in [0.15, 0.2) is 0 Å². The molecular weight excluding hydrogens is 232 g/mol. The maximum absolute atomic E-state index is 12.1. The van der Waals surface area contributed by atoms with Crippen LogP contribution in [0.4, 0.5) is 0 Å². The van der Waals surface area contributed by atoms with E-state index >= 15 is 0 Å². The predicted molar refractivity (Wildman–Crippen MR) is 68.0 cm³/mol. The topological polar surface area (TPSA) is 84.8 Å². The van der Waals surface area contributed by atoms with Crippen molar-refractivity contribution in [1.82, 2.24) is 9.91 Å². The maximum Gasteiger partial charge on any atom is 0.222 e. The number of amides is 1. The minimum Gasteiger partial charge on any atom is -0.403 e. The molecule has 0 radical (unpaired) electrons. The number of nitrogens with two attached hydrogens (primary N) is 2. The van der Waals surface area contributed by atoms with Crippen molar-refractivity contribution >= 4 is 5.91 Å². The van der Waals surface area contributed by atoms with E-state index in [9.17, 15) is 4.79 Å². The number of nitrogens with zero attached hydrogens (tertiary/aromatic N) is 2. The Bertz CT molecular complexity index is 332. The monoisotopic (exact) mass is 254 g/mol. The van der Waals surface area contributed by atoms with E-state index in [0.29, 0.717) is 26.2 Å². The second kappa shape index (κ2) is 6.06. The summed E-state index contributed by atoms with van der Waals surface area (Å²) in [7, 11) is 0. The highest BCUT2D eigenvalue weighted by atomic mass is 16.5. The van der Waals surface area contributed by atoms with Crippen molar-refractivity contribution < 1.29 is 9.53 Å². The zero-order valence-electron chi connectivity index (χ0n) is 10.7. The summed E-state index contributed by atoms with van der Waals surface area (Å²) in [5.41, 5.74) is 6.31. The van der Waals surface area contributed by atoms with E-state index in [1.54, 1.807) is 5.01 Å². The van der Waals surface area contributed by atoms with Crippen molar-refractivity contribution in [2.24, 2.45) is 11.6 Å². The van der Waals surface area contributed by atoms with Crippen LogP contribution in [0.1, 0.15) is 25.7 Å². The average Bonchev–Trinajstić information content (AvgIpc) is 2.81. The SMILES string of the molecule is N/C=C1/COCC2CCCN2C(=O)CCCN1N. The fraction of sp³-hybridized carbons (Fsp3) is 0.750. The van der Waals surface area contributed by atoms with Crippen LogP contribution in [0.3, 0.4) is 0 Å². The van der Waals surface area contributed by atoms with E-state index in [4.69, 9.17) is 16.3 Å². The Morgan fingerprint density at radius 3 is 2.94 bits per heavy atom. The molecule has 0 bridgehead atoms. The van der Waals surface area contributed by atoms with Gasteiger partial charge in [0.25, 0.3) is 0 Å². The molecule has 18 heavy (non-hydrogen) atoms. The van der Waals surface area contributed by atoms with Gasteiger partial charge < -0.3 is 20.4 Å². The molecule has 0 aromatic carbocycles. The lowest BCUT2D eigenvalue weighted by Gasteiger charge is -2.24. The lowest BCUT2D eigenvalue weighted by molar-refractivity contribution is -0.133. The number of rotatable bonds is 0. The van der Waals surface area contributed by atoms with Gasteiger partial charge in [0.05, 0.1) is 25.0 Å². The molecule has 1 unspecified atom stereocenters. The molecule has 2 rings (SSSR count). The molecule has 2 saturated heterocycles. The van der Waals surface area contributed by atoms with E-state index in [2.05, 4.69) is 0 Å². The van der Waals surface area contributed by atoms with Gasteiger partial charge in [0, 0.05) is 25.7 Å². The molecule has 2 heterocycles. The van der Waals surface area contributed by atoms with Gasteiger partial charge in [0.1, 0.15) is 0 Å². The molecule has 6 nitrogen and oxygen atoms in total. The summed E-state index contributed by atoms with van der Waals surface area (Å²) in [5.74, 6) is 6.09. The van der Waals surface area contributed by atoms with Crippen LogP contribution < -0.4 is 11.6 Å². The lowest BCUT2D eigenvalue weighted by Crippen LogP contribution is -2.38. The van der Waals surface area contributed by atoms with Crippen LogP contribution in [0, 0.1) is 0 Å². The first kappa shape index (κ1) is 13.2. The summed E-state index contributed by atoms with van der Waals surface area (Å²) < 4.78 is 5.64. The number of hydrogen-bond acceptors (Lipinski definition) is 5. The summed E-state index contributed by atoms with van der Waals surface area (Å²) in [4.78, 5) is 14.0. The van der Waals surface area contributed by atoms with E-state index in [-0.39, 0.29) is 11.9 Å². The van der Waals surface area contributed by atoms with Crippen LogP contribution in [0.2, 0.25) is 0 Å². The molecule has 0 saturated carbocycles. The van der Waals surface area contributed by atoms with Crippen molar-refractivity contribution in [2.75, 3.05) is 26.3 Å². The van der Waals surface area contributed by atoms with Gasteiger partial charge in [-0.25, -0.2) is 5.84 Å². The second-order valence-corrected chi connectivity index (χ2v) is 4.85. The van der Waals surface area contributed by atoms with Gasteiger partial charge >= 0.3 is 0 Å². The third kappa shape index (κ3) is 2.94. The first-order chi connectivity index (χ1) is 8.72. The third-order valence-electron chi connectivity index (χ3n) is 3.61. The highest BCUT2D eigenvalue weighted by Gasteiger charge is 2.29. The van der Waals surface area contributed by atoms with Crippen molar-refractivity contribution in [1.29, 1.82) is 0 Å². The van der Waals surface area contributed by atoms with Gasteiger partial charge in [0.2, 0.25) is 5.91 Å². The van der Waals surface area contributed by atoms with Crippen LogP contribution in [-0.2, 0) is 9.53 Å². The summed E-state index contributed by atoms with van der Waals surface area (Å²) in [6.45, 7) is 2.46. The smallest absolute Gasteiger partial charge is 0.222 e. The normalized spacial score (nSPS) is 29.3. The summed E-state index contributed by atoms with van der Waals surface area (Å²) in [6, 6.07) is 0.223. The standard InChI is InChI=1S/C12H22N4O2/c13-7-11-9-18-8-10-3-1-5-15(10)12(17)4-2-6-16(11)14/h7,10H,1-6,8-9,13-14H2/b11-7-. The molecule has 4 N–H and O–H groups in total. The molecule has 102 valence electrons. The molecule has 0 aromatic heterocycles. The van der Waals surface area contributed by atoms with Gasteiger partial charge in [-0.1, -0.05) is 0 Å². The minimum absolute atomic E-state index is 0.217. The molecule has 2 aliphatic heterocycles. The highest BCUT2D eigenvalue weighted by molar-refractivity contribution is 5.76. The fourth-order valence-corrected chi connectivity index (χ4v) is 2.55. The fourth-order valence-electron chi connectivity index (χ4n) is 2.55. The van der Waals surface area contributed by atoms with Gasteiger partial charge in [-0.2, -0.15) is 0 Å². The number of carbonyl (C=O) groups excluding carboxylic acids is 1. The molecule has 0 aliphatic carbocycles. The lowest BCUT2D eigenvalue weighted by atomic mass is 10.2. The van der Waals surface area contributed by atoms with Crippen LogP contribution in [0.5, 0.6) is 0 Å². The maximum atomic E-state index is 12.1. The molecule has 2 fully saturated rings. The van der Waals surface area contributed by atoms with Crippen LogP contribution in [0.15, 0.2) is 11.9 Å². The Morgan fingerprint density at radius 1 is 1.33 bits per heavy atom. The molecule has 0 spiro atoms. The Labute approximate surface area is 107 Å². The number of ether oxygens (including phenoxy) is 1. The van der Waals surface area contributed by atoms with Gasteiger partial charge in [-0.3, -0.25) is 4.79 Å². The minimum atomic E-state index is 0.217. The number of hydrazine groups is 1. The van der Waals surface area contributed by atoms with Crippen molar-refractivity contribution in [3.63, 3.8) is 0 Å². The molecular formula is C12H22N4O2. The van der Waals surface area contributed by atoms with Crippen molar-refractivity contribution in [2.45, 2.75) is 31.7 Å². The zero-order valence-corrected chi connectivity index (χ0v) is 10.7. The van der Waals surface area contributed by atoms with E-state index in [1.807, 2.05) is 4.90 Å². The van der Waals surface area contributed by atoms with E-state index < -0.39 is 0 Å². The number of fused-ring (bicyclic) bond motifs is 1. The molecule has 1 atom stereocenters. The quantitative estimate of drug-likeness (QED) is 0.583. The summed E-state index contributed by atoms with van der Waals surface area (Å²) in [5, 5.41) is 1.57. The zero-order chi connectivity index (χ0) is 13.0. The average molecular weight is 254 g/mol.